The van der Waals surface area contributed by atoms with Crippen molar-refractivity contribution in [1.82, 2.24) is 9.47 Å². The SMILES string of the molecule is CCN(CC)C(C)c1ccc(CCn2ccc(OCc3ccc(F)cc3)cc2=O)cc1. The molecule has 0 aliphatic rings. The molecule has 0 fully saturated rings. The van der Waals surface area contributed by atoms with Crippen molar-refractivity contribution >= 4 is 0 Å². The van der Waals surface area contributed by atoms with Crippen molar-refractivity contribution in [2.24, 2.45) is 0 Å². The van der Waals surface area contributed by atoms with Crippen LogP contribution >= 0.6 is 0 Å². The lowest BCUT2D eigenvalue weighted by Crippen LogP contribution is -2.26. The van der Waals surface area contributed by atoms with Gasteiger partial charge in [-0.15, -0.1) is 0 Å². The molecule has 164 valence electrons. The number of benzene rings is 2. The molecule has 0 spiro atoms. The number of pyridine rings is 1. The second kappa shape index (κ2) is 10.9. The zero-order valence-corrected chi connectivity index (χ0v) is 18.6. The minimum Gasteiger partial charge on any atom is -0.489 e. The fourth-order valence-corrected chi connectivity index (χ4v) is 3.71. The Morgan fingerprint density at radius 2 is 1.61 bits per heavy atom. The van der Waals surface area contributed by atoms with Gasteiger partial charge in [-0.1, -0.05) is 50.2 Å². The van der Waals surface area contributed by atoms with Crippen LogP contribution in [-0.4, -0.2) is 22.6 Å². The first-order valence-corrected chi connectivity index (χ1v) is 10.9. The maximum absolute atomic E-state index is 13.0. The number of ether oxygens (including phenoxy) is 1. The molecular weight excluding hydrogens is 391 g/mol. The third kappa shape index (κ3) is 6.28. The minimum atomic E-state index is -0.278. The lowest BCUT2D eigenvalue weighted by Gasteiger charge is -2.26. The quantitative estimate of drug-likeness (QED) is 0.450. The maximum Gasteiger partial charge on any atom is 0.254 e. The lowest BCUT2D eigenvalue weighted by atomic mass is 10.0. The van der Waals surface area contributed by atoms with E-state index in [0.29, 0.717) is 24.9 Å². The zero-order chi connectivity index (χ0) is 22.2. The Labute approximate surface area is 183 Å². The number of aromatic nitrogens is 1. The summed E-state index contributed by atoms with van der Waals surface area (Å²) in [6, 6.07) is 18.5. The molecule has 3 aromatic rings. The van der Waals surface area contributed by atoms with E-state index in [2.05, 4.69) is 49.9 Å². The molecule has 4 nitrogen and oxygen atoms in total. The molecule has 1 unspecified atom stereocenters. The van der Waals surface area contributed by atoms with E-state index in [1.165, 1.54) is 29.3 Å². The van der Waals surface area contributed by atoms with Crippen LogP contribution in [-0.2, 0) is 19.6 Å². The van der Waals surface area contributed by atoms with E-state index in [1.54, 1.807) is 29.0 Å². The topological polar surface area (TPSA) is 34.5 Å². The molecule has 0 aliphatic carbocycles. The van der Waals surface area contributed by atoms with Crippen molar-refractivity contribution in [2.45, 2.75) is 46.4 Å². The van der Waals surface area contributed by atoms with Crippen molar-refractivity contribution in [2.75, 3.05) is 13.1 Å². The predicted octanol–water partition coefficient (Wildman–Crippen LogP) is 5.21. The third-order valence-corrected chi connectivity index (χ3v) is 5.75. The Balaban J connectivity index is 1.55. The standard InChI is InChI=1S/C26H31FN2O2/c1-4-28(5-2)20(3)23-10-6-21(7-11-23)14-16-29-17-15-25(18-26(29)30)31-19-22-8-12-24(27)13-9-22/h6-13,15,17-18,20H,4-5,14,16,19H2,1-3H3. The molecule has 5 heteroatoms. The Kier molecular flexibility index (Phi) is 8.01. The van der Waals surface area contributed by atoms with Crippen LogP contribution in [0.4, 0.5) is 4.39 Å². The largest absolute Gasteiger partial charge is 0.489 e. The van der Waals surface area contributed by atoms with Gasteiger partial charge >= 0.3 is 0 Å². The summed E-state index contributed by atoms with van der Waals surface area (Å²) in [5.41, 5.74) is 3.28. The van der Waals surface area contributed by atoms with Crippen molar-refractivity contribution < 1.29 is 9.13 Å². The van der Waals surface area contributed by atoms with Gasteiger partial charge in [-0.05, 0) is 61.3 Å². The summed E-state index contributed by atoms with van der Waals surface area (Å²) in [7, 11) is 0. The first-order valence-electron chi connectivity index (χ1n) is 10.9. The Morgan fingerprint density at radius 3 is 2.23 bits per heavy atom. The summed E-state index contributed by atoms with van der Waals surface area (Å²) in [4.78, 5) is 14.9. The first kappa shape index (κ1) is 22.8. The normalized spacial score (nSPS) is 12.2. The van der Waals surface area contributed by atoms with Gasteiger partial charge in [0.05, 0.1) is 0 Å². The van der Waals surface area contributed by atoms with Gasteiger partial charge in [0.15, 0.2) is 0 Å². The van der Waals surface area contributed by atoms with Crippen molar-refractivity contribution in [3.8, 4) is 5.75 Å². The summed E-state index contributed by atoms with van der Waals surface area (Å²) < 4.78 is 20.3. The summed E-state index contributed by atoms with van der Waals surface area (Å²) in [5, 5.41) is 0. The molecule has 1 aromatic heterocycles. The van der Waals surface area contributed by atoms with E-state index in [9.17, 15) is 9.18 Å². The van der Waals surface area contributed by atoms with E-state index < -0.39 is 0 Å². The van der Waals surface area contributed by atoms with Crippen LogP contribution in [0.15, 0.2) is 71.7 Å². The number of hydrogen-bond acceptors (Lipinski definition) is 3. The number of nitrogens with zero attached hydrogens (tertiary/aromatic N) is 2. The molecular formula is C26H31FN2O2. The Hall–Kier alpha value is -2.92. The monoisotopic (exact) mass is 422 g/mol. The van der Waals surface area contributed by atoms with E-state index in [1.807, 2.05) is 0 Å². The van der Waals surface area contributed by atoms with Crippen LogP contribution < -0.4 is 10.3 Å². The second-order valence-corrected chi connectivity index (χ2v) is 7.70. The summed E-state index contributed by atoms with van der Waals surface area (Å²) >= 11 is 0. The molecule has 1 heterocycles. The maximum atomic E-state index is 13.0. The molecule has 0 N–H and O–H groups in total. The fraction of sp³-hybridized carbons (Fsp3) is 0.346. The van der Waals surface area contributed by atoms with E-state index in [4.69, 9.17) is 4.74 Å². The van der Waals surface area contributed by atoms with Gasteiger partial charge in [0, 0.05) is 24.8 Å². The highest BCUT2D eigenvalue weighted by molar-refractivity contribution is 5.25. The molecule has 0 saturated heterocycles. The molecule has 0 saturated carbocycles. The van der Waals surface area contributed by atoms with Crippen molar-refractivity contribution in [3.05, 3.63) is 99.7 Å². The molecule has 0 radical (unpaired) electrons. The molecule has 1 atom stereocenters. The average Bonchev–Trinajstić information content (AvgIpc) is 2.79. The molecule has 0 aliphatic heterocycles. The third-order valence-electron chi connectivity index (χ3n) is 5.75. The fourth-order valence-electron chi connectivity index (χ4n) is 3.71. The molecule has 0 bridgehead atoms. The van der Waals surface area contributed by atoms with Gasteiger partial charge in [-0.25, -0.2) is 4.39 Å². The number of aryl methyl sites for hydroxylation is 2. The zero-order valence-electron chi connectivity index (χ0n) is 18.6. The van der Waals surface area contributed by atoms with Crippen molar-refractivity contribution in [3.63, 3.8) is 0 Å². The smallest absolute Gasteiger partial charge is 0.254 e. The van der Waals surface area contributed by atoms with Gasteiger partial charge in [-0.3, -0.25) is 9.69 Å². The van der Waals surface area contributed by atoms with Crippen LogP contribution in [0.3, 0.4) is 0 Å². The first-order chi connectivity index (χ1) is 15.0. The van der Waals surface area contributed by atoms with Crippen LogP contribution in [0.25, 0.3) is 0 Å². The Morgan fingerprint density at radius 1 is 0.968 bits per heavy atom. The second-order valence-electron chi connectivity index (χ2n) is 7.70. The predicted molar refractivity (Wildman–Crippen MR) is 123 cm³/mol. The van der Waals surface area contributed by atoms with Crippen LogP contribution in [0.1, 0.15) is 43.5 Å². The minimum absolute atomic E-state index is 0.0941. The van der Waals surface area contributed by atoms with Gasteiger partial charge in [0.1, 0.15) is 18.2 Å². The van der Waals surface area contributed by atoms with Gasteiger partial charge in [0.2, 0.25) is 0 Å². The highest BCUT2D eigenvalue weighted by Crippen LogP contribution is 2.20. The van der Waals surface area contributed by atoms with Gasteiger partial charge < -0.3 is 9.30 Å². The molecule has 3 rings (SSSR count). The highest BCUT2D eigenvalue weighted by Gasteiger charge is 2.12. The van der Waals surface area contributed by atoms with Crippen LogP contribution in [0, 0.1) is 5.82 Å². The van der Waals surface area contributed by atoms with Crippen molar-refractivity contribution in [1.29, 1.82) is 0 Å². The molecule has 31 heavy (non-hydrogen) atoms. The number of halogens is 1. The summed E-state index contributed by atoms with van der Waals surface area (Å²) in [6.45, 7) is 9.58. The van der Waals surface area contributed by atoms with Crippen LogP contribution in [0.5, 0.6) is 5.75 Å². The molecule has 0 amide bonds. The van der Waals surface area contributed by atoms with Crippen LogP contribution in [0.2, 0.25) is 0 Å². The number of hydrogen-bond donors (Lipinski definition) is 0. The van der Waals surface area contributed by atoms with E-state index >= 15 is 0 Å². The summed E-state index contributed by atoms with van der Waals surface area (Å²) in [6.07, 6.45) is 2.55. The van der Waals surface area contributed by atoms with E-state index in [-0.39, 0.29) is 11.4 Å². The number of rotatable bonds is 10. The highest BCUT2D eigenvalue weighted by atomic mass is 19.1. The Bertz CT molecular complexity index is 1010. The lowest BCUT2D eigenvalue weighted by molar-refractivity contribution is 0.234. The molecule has 2 aromatic carbocycles. The average molecular weight is 423 g/mol. The van der Waals surface area contributed by atoms with Gasteiger partial charge in [0.25, 0.3) is 5.56 Å². The van der Waals surface area contributed by atoms with Gasteiger partial charge in [-0.2, -0.15) is 0 Å². The summed E-state index contributed by atoms with van der Waals surface area (Å²) in [5.74, 6) is 0.236. The van der Waals surface area contributed by atoms with E-state index in [0.717, 1.165) is 25.1 Å².